The molecule has 2 aliphatic heterocycles. The van der Waals surface area contributed by atoms with Crippen LogP contribution < -0.4 is 0 Å². The molecular formula is C7H6ClNO. The van der Waals surface area contributed by atoms with E-state index >= 15 is 0 Å². The molecule has 0 spiro atoms. The van der Waals surface area contributed by atoms with Gasteiger partial charge in [0.15, 0.2) is 4.87 Å². The van der Waals surface area contributed by atoms with E-state index in [1.165, 1.54) is 0 Å². The minimum absolute atomic E-state index is 0.0853. The van der Waals surface area contributed by atoms with Gasteiger partial charge in [0.05, 0.1) is 12.2 Å². The smallest absolute Gasteiger partial charge is 0.163 e. The fourth-order valence-corrected chi connectivity index (χ4v) is 1.67. The van der Waals surface area contributed by atoms with Crippen LogP contribution in [0, 0.1) is 11.3 Å². The average molecular weight is 156 g/mol. The molecule has 1 saturated heterocycles. The lowest BCUT2D eigenvalue weighted by Gasteiger charge is -2.15. The van der Waals surface area contributed by atoms with Crippen molar-refractivity contribution >= 4 is 11.6 Å². The van der Waals surface area contributed by atoms with Gasteiger partial charge in [-0.3, -0.25) is 0 Å². The van der Waals surface area contributed by atoms with Gasteiger partial charge in [0.1, 0.15) is 6.10 Å². The number of hydrogen-bond donors (Lipinski definition) is 0. The molecule has 2 aliphatic rings. The lowest BCUT2D eigenvalue weighted by Crippen LogP contribution is -2.29. The van der Waals surface area contributed by atoms with Gasteiger partial charge in [0.25, 0.3) is 0 Å². The molecule has 0 aromatic carbocycles. The summed E-state index contributed by atoms with van der Waals surface area (Å²) in [4.78, 5) is -0.778. The highest BCUT2D eigenvalue weighted by molar-refractivity contribution is 6.26. The first-order valence-corrected chi connectivity index (χ1v) is 3.56. The van der Waals surface area contributed by atoms with E-state index in [2.05, 4.69) is 6.07 Å². The van der Waals surface area contributed by atoms with Crippen molar-refractivity contribution in [3.63, 3.8) is 0 Å². The van der Waals surface area contributed by atoms with E-state index in [1.54, 1.807) is 0 Å². The van der Waals surface area contributed by atoms with Gasteiger partial charge in [-0.15, -0.1) is 0 Å². The maximum Gasteiger partial charge on any atom is 0.163 e. The Labute approximate surface area is 64.0 Å². The quantitative estimate of drug-likeness (QED) is 0.389. The second-order valence-corrected chi connectivity index (χ2v) is 3.33. The van der Waals surface area contributed by atoms with Gasteiger partial charge in [-0.2, -0.15) is 5.26 Å². The summed E-state index contributed by atoms with van der Waals surface area (Å²) in [6.07, 6.45) is 4.37. The first-order valence-electron chi connectivity index (χ1n) is 3.18. The SMILES string of the molecule is N#C[C@@]1(Cl)C[C@H]2C=C[C@@H]1O2. The van der Waals surface area contributed by atoms with Crippen molar-refractivity contribution in [3.8, 4) is 6.07 Å². The molecule has 2 bridgehead atoms. The van der Waals surface area contributed by atoms with Crippen molar-refractivity contribution in [2.75, 3.05) is 0 Å². The summed E-state index contributed by atoms with van der Waals surface area (Å²) in [5, 5.41) is 8.65. The summed E-state index contributed by atoms with van der Waals surface area (Å²) in [6, 6.07) is 2.06. The molecule has 3 atom stereocenters. The molecular weight excluding hydrogens is 150 g/mol. The van der Waals surface area contributed by atoms with E-state index in [4.69, 9.17) is 21.6 Å². The molecule has 0 N–H and O–H groups in total. The maximum absolute atomic E-state index is 8.65. The van der Waals surface area contributed by atoms with Crippen molar-refractivity contribution in [1.82, 2.24) is 0 Å². The molecule has 0 radical (unpaired) electrons. The Balaban J connectivity index is 2.33. The summed E-state index contributed by atoms with van der Waals surface area (Å²) in [6.45, 7) is 0. The predicted octanol–water partition coefficient (Wildman–Crippen LogP) is 1.21. The Morgan fingerprint density at radius 1 is 1.70 bits per heavy atom. The van der Waals surface area contributed by atoms with Gasteiger partial charge in [-0.05, 0) is 0 Å². The molecule has 0 unspecified atom stereocenters. The molecule has 0 saturated carbocycles. The van der Waals surface area contributed by atoms with Crippen LogP contribution in [0.1, 0.15) is 6.42 Å². The zero-order valence-electron chi connectivity index (χ0n) is 5.25. The van der Waals surface area contributed by atoms with Gasteiger partial charge in [0.2, 0.25) is 0 Å². The minimum atomic E-state index is -0.778. The maximum atomic E-state index is 8.65. The first-order chi connectivity index (χ1) is 4.74. The standard InChI is InChI=1S/C7H6ClNO/c8-7(4-9)3-5-1-2-6(7)10-5/h1-2,5-6H,3H2/t5-,6+,7+/m1/s1. The van der Waals surface area contributed by atoms with E-state index in [1.807, 2.05) is 12.2 Å². The van der Waals surface area contributed by atoms with Crippen molar-refractivity contribution in [2.24, 2.45) is 0 Å². The third kappa shape index (κ3) is 0.622. The van der Waals surface area contributed by atoms with E-state index < -0.39 is 4.87 Å². The zero-order valence-corrected chi connectivity index (χ0v) is 6.01. The molecule has 2 rings (SSSR count). The van der Waals surface area contributed by atoms with Crippen LogP contribution in [-0.2, 0) is 4.74 Å². The molecule has 0 aromatic heterocycles. The van der Waals surface area contributed by atoms with Crippen LogP contribution in [0.25, 0.3) is 0 Å². The summed E-state index contributed by atoms with van der Waals surface area (Å²) >= 11 is 5.91. The van der Waals surface area contributed by atoms with Crippen LogP contribution in [-0.4, -0.2) is 17.1 Å². The summed E-state index contributed by atoms with van der Waals surface area (Å²) in [5.41, 5.74) is 0. The van der Waals surface area contributed by atoms with E-state index in [0.29, 0.717) is 6.42 Å². The third-order valence-corrected chi connectivity index (χ3v) is 2.41. The number of nitriles is 1. The van der Waals surface area contributed by atoms with Crippen molar-refractivity contribution in [3.05, 3.63) is 12.2 Å². The molecule has 2 nitrogen and oxygen atoms in total. The number of ether oxygens (including phenoxy) is 1. The molecule has 2 heterocycles. The number of halogens is 1. The highest BCUT2D eigenvalue weighted by Gasteiger charge is 2.49. The van der Waals surface area contributed by atoms with Gasteiger partial charge >= 0.3 is 0 Å². The molecule has 0 amide bonds. The topological polar surface area (TPSA) is 33.0 Å². The van der Waals surface area contributed by atoms with Gasteiger partial charge in [0, 0.05) is 6.42 Å². The average Bonchev–Trinajstić information content (AvgIpc) is 2.46. The Hall–Kier alpha value is -0.520. The zero-order chi connectivity index (χ0) is 7.19. The van der Waals surface area contributed by atoms with Crippen LogP contribution in [0.4, 0.5) is 0 Å². The molecule has 0 aromatic rings. The largest absolute Gasteiger partial charge is 0.364 e. The highest BCUT2D eigenvalue weighted by Crippen LogP contribution is 2.41. The monoisotopic (exact) mass is 155 g/mol. The van der Waals surface area contributed by atoms with E-state index in [-0.39, 0.29) is 12.2 Å². The van der Waals surface area contributed by atoms with E-state index in [0.717, 1.165) is 0 Å². The van der Waals surface area contributed by atoms with Gasteiger partial charge < -0.3 is 4.74 Å². The number of alkyl halides is 1. The van der Waals surface area contributed by atoms with Crippen molar-refractivity contribution < 1.29 is 4.74 Å². The second-order valence-electron chi connectivity index (χ2n) is 2.66. The Morgan fingerprint density at radius 3 is 2.80 bits per heavy atom. The lowest BCUT2D eigenvalue weighted by atomic mass is 9.95. The molecule has 3 heteroatoms. The molecule has 10 heavy (non-hydrogen) atoms. The van der Waals surface area contributed by atoms with Crippen molar-refractivity contribution in [1.29, 1.82) is 5.26 Å². The number of rotatable bonds is 0. The normalized spacial score (nSPS) is 49.6. The number of nitrogens with zero attached hydrogens (tertiary/aromatic N) is 1. The van der Waals surface area contributed by atoms with Crippen LogP contribution in [0.5, 0.6) is 0 Å². The third-order valence-electron chi connectivity index (χ3n) is 1.96. The lowest BCUT2D eigenvalue weighted by molar-refractivity contribution is 0.117. The number of fused-ring (bicyclic) bond motifs is 2. The number of hydrogen-bond acceptors (Lipinski definition) is 2. The fraction of sp³-hybridized carbons (Fsp3) is 0.571. The summed E-state index contributed by atoms with van der Waals surface area (Å²) in [5.74, 6) is 0. The van der Waals surface area contributed by atoms with Crippen LogP contribution in [0.2, 0.25) is 0 Å². The van der Waals surface area contributed by atoms with Crippen LogP contribution in [0.3, 0.4) is 0 Å². The van der Waals surface area contributed by atoms with Crippen molar-refractivity contribution in [2.45, 2.75) is 23.5 Å². The summed E-state index contributed by atoms with van der Waals surface area (Å²) in [7, 11) is 0. The Morgan fingerprint density at radius 2 is 2.50 bits per heavy atom. The van der Waals surface area contributed by atoms with Gasteiger partial charge in [-0.1, -0.05) is 23.8 Å². The summed E-state index contributed by atoms with van der Waals surface area (Å²) < 4.78 is 5.31. The molecule has 0 aliphatic carbocycles. The predicted molar refractivity (Wildman–Crippen MR) is 36.6 cm³/mol. The molecule has 1 fully saturated rings. The van der Waals surface area contributed by atoms with E-state index in [9.17, 15) is 0 Å². The fourth-order valence-electron chi connectivity index (χ4n) is 1.40. The Bertz CT molecular complexity index is 232. The first kappa shape index (κ1) is 6.21. The Kier molecular flexibility index (Phi) is 1.08. The molecule has 52 valence electrons. The highest BCUT2D eigenvalue weighted by atomic mass is 35.5. The second kappa shape index (κ2) is 1.75. The minimum Gasteiger partial charge on any atom is -0.364 e. The van der Waals surface area contributed by atoms with Crippen LogP contribution in [0.15, 0.2) is 12.2 Å². The van der Waals surface area contributed by atoms with Crippen LogP contribution >= 0.6 is 11.6 Å². The van der Waals surface area contributed by atoms with Gasteiger partial charge in [-0.25, -0.2) is 0 Å².